The van der Waals surface area contributed by atoms with Gasteiger partial charge in [0.15, 0.2) is 5.76 Å². The highest BCUT2D eigenvalue weighted by atomic mass is 32.2. The van der Waals surface area contributed by atoms with Crippen LogP contribution in [0.1, 0.15) is 10.4 Å². The number of thioether (sulfide) groups is 1. The number of rotatable bonds is 8. The molecule has 0 radical (unpaired) electrons. The average molecular weight is 457 g/mol. The zero-order valence-electron chi connectivity index (χ0n) is 15.6. The number of benzene rings is 1. The molecule has 0 atom stereocenters. The van der Waals surface area contributed by atoms with Crippen molar-refractivity contribution in [2.75, 3.05) is 18.9 Å². The maximum absolute atomic E-state index is 12.8. The molecule has 0 saturated heterocycles. The summed E-state index contributed by atoms with van der Waals surface area (Å²) in [5.41, 5.74) is -0.771. The van der Waals surface area contributed by atoms with E-state index in [1.165, 1.54) is 23.9 Å². The molecule has 3 rings (SSSR count). The quantitative estimate of drug-likeness (QED) is 0.399. The third kappa shape index (κ3) is 6.20. The van der Waals surface area contributed by atoms with Gasteiger partial charge in [0.25, 0.3) is 0 Å². The Morgan fingerprint density at radius 1 is 1.27 bits per heavy atom. The predicted molar refractivity (Wildman–Crippen MR) is 109 cm³/mol. The van der Waals surface area contributed by atoms with Gasteiger partial charge >= 0.3 is 12.3 Å². The molecule has 1 aromatic carbocycles. The van der Waals surface area contributed by atoms with E-state index in [0.29, 0.717) is 23.9 Å². The van der Waals surface area contributed by atoms with Crippen LogP contribution in [0.4, 0.5) is 18.0 Å². The molecule has 10 heteroatoms. The van der Waals surface area contributed by atoms with Crippen LogP contribution in [0.25, 0.3) is 0 Å². The van der Waals surface area contributed by atoms with Crippen molar-refractivity contribution in [1.82, 2.24) is 4.90 Å². The molecule has 1 aliphatic rings. The van der Waals surface area contributed by atoms with Crippen LogP contribution in [0.5, 0.6) is 5.75 Å². The van der Waals surface area contributed by atoms with E-state index >= 15 is 0 Å². The molecule has 160 valence electrons. The van der Waals surface area contributed by atoms with E-state index in [4.69, 9.17) is 14.6 Å². The Labute approximate surface area is 179 Å². The molecule has 1 aromatic heterocycles. The van der Waals surface area contributed by atoms with Crippen LogP contribution < -0.4 is 4.74 Å². The van der Waals surface area contributed by atoms with Gasteiger partial charge in [0.05, 0.1) is 18.7 Å². The lowest BCUT2D eigenvalue weighted by Crippen LogP contribution is -2.26. The lowest BCUT2D eigenvalue weighted by molar-refractivity contribution is -0.137. The molecular weight excluding hydrogens is 439 g/mol. The zero-order chi connectivity index (χ0) is 21.6. The minimum atomic E-state index is -4.43. The lowest BCUT2D eigenvalue weighted by atomic mass is 10.2. The van der Waals surface area contributed by atoms with Crippen molar-refractivity contribution in [1.29, 1.82) is 0 Å². The molecule has 2 heterocycles. The molecule has 0 amide bonds. The fourth-order valence-electron chi connectivity index (χ4n) is 2.72. The van der Waals surface area contributed by atoms with Gasteiger partial charge in [-0.25, -0.2) is 4.79 Å². The van der Waals surface area contributed by atoms with E-state index in [1.54, 1.807) is 17.4 Å². The van der Waals surface area contributed by atoms with Crippen molar-refractivity contribution in [2.24, 2.45) is 0 Å². The molecule has 30 heavy (non-hydrogen) atoms. The second kappa shape index (κ2) is 9.94. The molecule has 5 nitrogen and oxygen atoms in total. The van der Waals surface area contributed by atoms with Crippen molar-refractivity contribution in [3.63, 3.8) is 0 Å². The average Bonchev–Trinajstić information content (AvgIpc) is 3.19. The Morgan fingerprint density at radius 3 is 2.80 bits per heavy atom. The Bertz CT molecular complexity index is 926. The monoisotopic (exact) mass is 457 g/mol. The summed E-state index contributed by atoms with van der Waals surface area (Å²) in [6.07, 6.45) is -2.42. The summed E-state index contributed by atoms with van der Waals surface area (Å²) in [6.45, 7) is 1.32. The molecule has 0 fully saturated rings. The summed E-state index contributed by atoms with van der Waals surface area (Å²) in [4.78, 5) is 14.1. The summed E-state index contributed by atoms with van der Waals surface area (Å²) in [7, 11) is 0. The second-order valence-corrected chi connectivity index (χ2v) is 8.24. The zero-order valence-corrected chi connectivity index (χ0v) is 17.2. The van der Waals surface area contributed by atoms with Gasteiger partial charge in [-0.05, 0) is 35.7 Å². The smallest absolute Gasteiger partial charge is 0.493 e. The Morgan fingerprint density at radius 2 is 2.10 bits per heavy atom. The third-order valence-corrected chi connectivity index (χ3v) is 5.93. The maximum Gasteiger partial charge on any atom is 0.511 e. The lowest BCUT2D eigenvalue weighted by Gasteiger charge is -2.29. The molecule has 0 saturated carbocycles. The van der Waals surface area contributed by atoms with E-state index in [0.717, 1.165) is 17.0 Å². The van der Waals surface area contributed by atoms with Crippen LogP contribution in [0, 0.1) is 0 Å². The van der Waals surface area contributed by atoms with Gasteiger partial charge in [-0.2, -0.15) is 13.2 Å². The van der Waals surface area contributed by atoms with E-state index in [2.05, 4.69) is 0 Å². The highest BCUT2D eigenvalue weighted by Gasteiger charge is 2.30. The fourth-order valence-corrected chi connectivity index (χ4v) is 4.37. The first-order chi connectivity index (χ1) is 14.3. The van der Waals surface area contributed by atoms with E-state index in [9.17, 15) is 18.0 Å². The Balaban J connectivity index is 1.64. The number of nitrogens with zero attached hydrogens (tertiary/aromatic N) is 1. The predicted octanol–water partition coefficient (Wildman–Crippen LogP) is 5.81. The van der Waals surface area contributed by atoms with E-state index in [1.807, 2.05) is 28.5 Å². The number of hydrogen-bond donors (Lipinski definition) is 1. The van der Waals surface area contributed by atoms with Crippen LogP contribution in [0.15, 0.2) is 64.7 Å². The molecule has 0 bridgehead atoms. The number of carbonyl (C=O) groups is 1. The Hall–Kier alpha value is -2.59. The minimum absolute atomic E-state index is 0.125. The van der Waals surface area contributed by atoms with Gasteiger partial charge in [-0.15, -0.1) is 23.1 Å². The topological polar surface area (TPSA) is 59.0 Å². The van der Waals surface area contributed by atoms with Crippen molar-refractivity contribution < 1.29 is 32.5 Å². The first kappa shape index (κ1) is 22.1. The van der Waals surface area contributed by atoms with Crippen LogP contribution >= 0.6 is 23.1 Å². The van der Waals surface area contributed by atoms with Crippen molar-refractivity contribution in [3.05, 3.63) is 75.2 Å². The summed E-state index contributed by atoms with van der Waals surface area (Å²) >= 11 is 2.92. The normalized spacial score (nSPS) is 14.2. The number of halogens is 3. The second-order valence-electron chi connectivity index (χ2n) is 6.12. The number of ether oxygens (including phenoxy) is 2. The molecule has 0 aliphatic carbocycles. The number of alkyl halides is 3. The van der Waals surface area contributed by atoms with Crippen LogP contribution in [-0.4, -0.2) is 35.1 Å². The van der Waals surface area contributed by atoms with Gasteiger partial charge in [-0.3, -0.25) is 0 Å². The van der Waals surface area contributed by atoms with Gasteiger partial charge in [0.1, 0.15) is 10.8 Å². The third-order valence-electron chi connectivity index (χ3n) is 3.97. The molecule has 0 unspecified atom stereocenters. The van der Waals surface area contributed by atoms with Crippen molar-refractivity contribution >= 4 is 29.3 Å². The fraction of sp³-hybridized carbons (Fsp3) is 0.250. The van der Waals surface area contributed by atoms with Crippen LogP contribution in [-0.2, 0) is 17.5 Å². The summed E-state index contributed by atoms with van der Waals surface area (Å²) in [6, 6.07) is 8.62. The Kier molecular flexibility index (Phi) is 7.33. The first-order valence-electron chi connectivity index (χ1n) is 8.84. The molecule has 0 spiro atoms. The van der Waals surface area contributed by atoms with E-state index in [-0.39, 0.29) is 18.1 Å². The standard InChI is InChI=1S/C20H18F3NO4S2/c21-20(22,23)14-4-1-5-15(12-14)27-9-11-30-18-17(28-19(25)26)7-2-8-24(18)13-16-6-3-10-29-16/h1-7,10,12H,8-9,11,13H2,(H,25,26). The number of hydrogen-bond acceptors (Lipinski definition) is 6. The van der Waals surface area contributed by atoms with Crippen molar-refractivity contribution in [3.8, 4) is 5.75 Å². The minimum Gasteiger partial charge on any atom is -0.493 e. The van der Waals surface area contributed by atoms with Gasteiger partial charge in [0, 0.05) is 17.2 Å². The number of thiophene rings is 1. The number of carboxylic acid groups (broad SMARTS) is 1. The highest BCUT2D eigenvalue weighted by Crippen LogP contribution is 2.33. The van der Waals surface area contributed by atoms with Gasteiger partial charge in [-0.1, -0.05) is 18.2 Å². The van der Waals surface area contributed by atoms with Gasteiger partial charge in [0.2, 0.25) is 0 Å². The summed E-state index contributed by atoms with van der Waals surface area (Å²) < 4.78 is 48.8. The van der Waals surface area contributed by atoms with E-state index < -0.39 is 17.9 Å². The molecular formula is C20H18F3NO4S2. The molecule has 2 aromatic rings. The molecule has 1 aliphatic heterocycles. The van der Waals surface area contributed by atoms with Crippen molar-refractivity contribution in [2.45, 2.75) is 12.7 Å². The first-order valence-corrected chi connectivity index (χ1v) is 10.7. The SMILES string of the molecule is O=C(O)OC1=C(SCCOc2cccc(C(F)(F)F)c2)N(Cc2cccs2)CC=C1. The maximum atomic E-state index is 12.8. The summed E-state index contributed by atoms with van der Waals surface area (Å²) in [5, 5.41) is 11.6. The highest BCUT2D eigenvalue weighted by molar-refractivity contribution is 8.03. The van der Waals surface area contributed by atoms with Crippen LogP contribution in [0.3, 0.4) is 0 Å². The van der Waals surface area contributed by atoms with Crippen LogP contribution in [0.2, 0.25) is 0 Å². The molecule has 1 N–H and O–H groups in total. The van der Waals surface area contributed by atoms with Gasteiger partial charge < -0.3 is 19.5 Å². The largest absolute Gasteiger partial charge is 0.511 e. The summed E-state index contributed by atoms with van der Waals surface area (Å²) in [5.74, 6) is 0.738. The number of allylic oxidation sites excluding steroid dienone is 1.